The fourth-order valence-electron chi connectivity index (χ4n) is 3.95. The minimum atomic E-state index is -3.90. The second-order valence-corrected chi connectivity index (χ2v) is 8.46. The van der Waals surface area contributed by atoms with Crippen molar-refractivity contribution in [3.8, 4) is 0 Å². The lowest BCUT2D eigenvalue weighted by Crippen LogP contribution is -2.36. The summed E-state index contributed by atoms with van der Waals surface area (Å²) >= 11 is 0. The Kier molecular flexibility index (Phi) is 3.99. The van der Waals surface area contributed by atoms with Crippen molar-refractivity contribution in [1.29, 1.82) is 0 Å². The van der Waals surface area contributed by atoms with Crippen LogP contribution >= 0.6 is 0 Å². The summed E-state index contributed by atoms with van der Waals surface area (Å²) in [5.41, 5.74) is 1.06. The molecule has 1 aliphatic heterocycles. The normalized spacial score (nSPS) is 24.8. The van der Waals surface area contributed by atoms with Crippen molar-refractivity contribution in [3.63, 3.8) is 0 Å². The molecule has 4 N–H and O–H groups in total. The van der Waals surface area contributed by atoms with Crippen molar-refractivity contribution in [2.45, 2.75) is 18.7 Å². The molecule has 1 saturated heterocycles. The Labute approximate surface area is 141 Å². The number of aliphatic hydroxyl groups excluding tert-OH is 2. The van der Waals surface area contributed by atoms with Gasteiger partial charge in [0, 0.05) is 24.1 Å². The fourth-order valence-corrected chi connectivity index (χ4v) is 4.83. The second-order valence-electron chi connectivity index (χ2n) is 6.93. The third kappa shape index (κ3) is 2.45. The van der Waals surface area contributed by atoms with E-state index in [1.54, 1.807) is 24.8 Å². The van der Waals surface area contributed by atoms with Gasteiger partial charge in [-0.15, -0.1) is 0 Å². The third-order valence-electron chi connectivity index (χ3n) is 5.74. The number of carbonyl (C=O) groups is 1. The summed E-state index contributed by atoms with van der Waals surface area (Å²) in [7, 11) is -3.90. The number of benzene rings is 1. The van der Waals surface area contributed by atoms with Gasteiger partial charge in [-0.1, -0.05) is 0 Å². The number of sulfonamides is 1. The van der Waals surface area contributed by atoms with Crippen molar-refractivity contribution in [2.24, 2.45) is 22.4 Å². The molecule has 132 valence electrons. The Morgan fingerprint density at radius 2 is 1.79 bits per heavy atom. The van der Waals surface area contributed by atoms with E-state index in [0.717, 1.165) is 0 Å². The Morgan fingerprint density at radius 3 is 2.25 bits per heavy atom. The molecule has 1 aromatic carbocycles. The van der Waals surface area contributed by atoms with E-state index < -0.39 is 15.4 Å². The molecule has 1 heterocycles. The Morgan fingerprint density at radius 1 is 1.25 bits per heavy atom. The average Bonchev–Trinajstić information content (AvgIpc) is 2.88. The molecule has 2 fully saturated rings. The van der Waals surface area contributed by atoms with Crippen molar-refractivity contribution >= 4 is 15.9 Å². The summed E-state index contributed by atoms with van der Waals surface area (Å²) in [6.07, 6.45) is 0. The second kappa shape index (κ2) is 5.52. The molecule has 3 rings (SSSR count). The Balaban J connectivity index is 1.85. The van der Waals surface area contributed by atoms with Gasteiger partial charge in [0.15, 0.2) is 0 Å². The lowest BCUT2D eigenvalue weighted by molar-refractivity contribution is 0.0637. The highest BCUT2D eigenvalue weighted by Crippen LogP contribution is 2.62. The number of carbonyl (C=O) groups excluding carboxylic acids is 1. The van der Waals surface area contributed by atoms with Crippen molar-refractivity contribution in [1.82, 2.24) is 4.90 Å². The number of nitrogens with two attached hydrogens (primary N) is 1. The average molecular weight is 354 g/mol. The van der Waals surface area contributed by atoms with Gasteiger partial charge in [-0.25, -0.2) is 13.6 Å². The van der Waals surface area contributed by atoms with Crippen LogP contribution < -0.4 is 5.14 Å². The maximum atomic E-state index is 12.7. The van der Waals surface area contributed by atoms with E-state index in [-0.39, 0.29) is 35.9 Å². The Bertz CT molecular complexity index is 787. The summed E-state index contributed by atoms with van der Waals surface area (Å²) in [5, 5.41) is 24.1. The molecule has 24 heavy (non-hydrogen) atoms. The number of fused-ring (bicyclic) bond motifs is 1. The van der Waals surface area contributed by atoms with Crippen molar-refractivity contribution in [3.05, 3.63) is 28.8 Å². The molecule has 1 saturated carbocycles. The molecular formula is C16H22N2O5S. The molecule has 2 unspecified atom stereocenters. The first kappa shape index (κ1) is 17.3. The third-order valence-corrected chi connectivity index (χ3v) is 6.77. The minimum absolute atomic E-state index is 0.0322. The zero-order chi connectivity index (χ0) is 17.9. The quantitative estimate of drug-likeness (QED) is 0.681. The molecule has 0 aromatic heterocycles. The number of hydrogen-bond donors (Lipinski definition) is 3. The van der Waals surface area contributed by atoms with Gasteiger partial charge >= 0.3 is 0 Å². The molecule has 7 nitrogen and oxygen atoms in total. The molecule has 2 aliphatic rings. The summed E-state index contributed by atoms with van der Waals surface area (Å²) in [6, 6.07) is 3.00. The maximum Gasteiger partial charge on any atom is 0.253 e. The summed E-state index contributed by atoms with van der Waals surface area (Å²) in [5.74, 6) is -0.0543. The molecule has 0 spiro atoms. The van der Waals surface area contributed by atoms with Crippen LogP contribution in [0.2, 0.25) is 0 Å². The lowest BCUT2D eigenvalue weighted by atomic mass is 10.0. The van der Waals surface area contributed by atoms with Crippen LogP contribution in [-0.4, -0.2) is 55.7 Å². The van der Waals surface area contributed by atoms with Crippen LogP contribution in [0.4, 0.5) is 0 Å². The van der Waals surface area contributed by atoms with Crippen LogP contribution in [0.15, 0.2) is 17.0 Å². The van der Waals surface area contributed by atoms with Crippen molar-refractivity contribution in [2.75, 3.05) is 26.3 Å². The zero-order valence-electron chi connectivity index (χ0n) is 13.7. The fraction of sp³-hybridized carbons (Fsp3) is 0.562. The van der Waals surface area contributed by atoms with Gasteiger partial charge in [0.1, 0.15) is 0 Å². The van der Waals surface area contributed by atoms with Gasteiger partial charge in [-0.05, 0) is 48.9 Å². The van der Waals surface area contributed by atoms with Crippen LogP contribution in [0, 0.1) is 31.1 Å². The topological polar surface area (TPSA) is 121 Å². The zero-order valence-corrected chi connectivity index (χ0v) is 14.5. The Hall–Kier alpha value is -1.48. The van der Waals surface area contributed by atoms with E-state index in [4.69, 9.17) is 5.14 Å². The first-order valence-electron chi connectivity index (χ1n) is 7.80. The van der Waals surface area contributed by atoms with E-state index in [9.17, 15) is 23.4 Å². The number of likely N-dealkylation sites (tertiary alicyclic amines) is 1. The number of aryl methyl sites for hydroxylation is 1. The smallest absolute Gasteiger partial charge is 0.253 e. The highest BCUT2D eigenvalue weighted by Gasteiger charge is 2.68. The summed E-state index contributed by atoms with van der Waals surface area (Å²) in [6.45, 7) is 4.15. The first-order valence-corrected chi connectivity index (χ1v) is 9.35. The van der Waals surface area contributed by atoms with Crippen LogP contribution in [0.1, 0.15) is 21.5 Å². The predicted octanol–water partition coefficient (Wildman–Crippen LogP) is -0.376. The highest BCUT2D eigenvalue weighted by molar-refractivity contribution is 7.89. The SMILES string of the molecule is Cc1cc(C(=O)N2CC3C(C2)C3(CO)CO)cc(S(N)(=O)=O)c1C. The lowest BCUT2D eigenvalue weighted by Gasteiger charge is -2.24. The summed E-state index contributed by atoms with van der Waals surface area (Å²) in [4.78, 5) is 14.3. The molecule has 0 radical (unpaired) electrons. The van der Waals surface area contributed by atoms with E-state index in [1.807, 2.05) is 0 Å². The monoisotopic (exact) mass is 354 g/mol. The number of aliphatic hydroxyl groups is 2. The first-order chi connectivity index (χ1) is 11.2. The molecule has 1 aliphatic carbocycles. The van der Waals surface area contributed by atoms with Gasteiger partial charge in [0.25, 0.3) is 5.91 Å². The maximum absolute atomic E-state index is 12.7. The minimum Gasteiger partial charge on any atom is -0.396 e. The number of rotatable bonds is 4. The van der Waals surface area contributed by atoms with Gasteiger partial charge in [0.2, 0.25) is 10.0 Å². The predicted molar refractivity (Wildman–Crippen MR) is 86.8 cm³/mol. The molecule has 0 bridgehead atoms. The van der Waals surface area contributed by atoms with Gasteiger partial charge in [-0.2, -0.15) is 0 Å². The van der Waals surface area contributed by atoms with Gasteiger partial charge < -0.3 is 15.1 Å². The number of nitrogens with zero attached hydrogens (tertiary/aromatic N) is 1. The standard InChI is InChI=1S/C16H22N2O5S/c1-9-3-11(4-14(10(9)2)24(17,22)23)15(21)18-5-12-13(6-18)16(12,7-19)8-20/h3-4,12-13,19-20H,5-8H2,1-2H3,(H2,17,22,23). The molecule has 1 aromatic rings. The molecule has 2 atom stereocenters. The van der Waals surface area contributed by atoms with Crippen LogP contribution in [0.5, 0.6) is 0 Å². The number of primary sulfonamides is 1. The molecular weight excluding hydrogens is 332 g/mol. The van der Waals surface area contributed by atoms with Crippen molar-refractivity contribution < 1.29 is 23.4 Å². The van der Waals surface area contributed by atoms with E-state index in [1.165, 1.54) is 6.07 Å². The van der Waals surface area contributed by atoms with E-state index in [2.05, 4.69) is 0 Å². The van der Waals surface area contributed by atoms with Crippen LogP contribution in [0.25, 0.3) is 0 Å². The van der Waals surface area contributed by atoms with Crippen LogP contribution in [0.3, 0.4) is 0 Å². The van der Waals surface area contributed by atoms with E-state index >= 15 is 0 Å². The van der Waals surface area contributed by atoms with Gasteiger partial charge in [-0.3, -0.25) is 4.79 Å². The largest absolute Gasteiger partial charge is 0.396 e. The van der Waals surface area contributed by atoms with Crippen LogP contribution in [-0.2, 0) is 10.0 Å². The summed E-state index contributed by atoms with van der Waals surface area (Å²) < 4.78 is 23.4. The van der Waals surface area contributed by atoms with E-state index in [0.29, 0.717) is 29.8 Å². The number of piperidine rings is 1. The van der Waals surface area contributed by atoms with Gasteiger partial charge in [0.05, 0.1) is 18.1 Å². The highest BCUT2D eigenvalue weighted by atomic mass is 32.2. The molecule has 8 heteroatoms. The number of amides is 1. The molecule has 1 amide bonds. The number of hydrogen-bond acceptors (Lipinski definition) is 5.